The zero-order valence-electron chi connectivity index (χ0n) is 15.9. The SMILES string of the molecule is CC(=O)c1ccc(N2CCN(C(=O)Nc3c(C)cc(C)cc3Cl)CC2)cc1. The van der Waals surface area contributed by atoms with E-state index in [1.807, 2.05) is 50.2 Å². The molecule has 0 bridgehead atoms. The summed E-state index contributed by atoms with van der Waals surface area (Å²) in [5.74, 6) is 0.0631. The Bertz CT molecular complexity index is 833. The molecule has 0 atom stereocenters. The van der Waals surface area contributed by atoms with E-state index >= 15 is 0 Å². The summed E-state index contributed by atoms with van der Waals surface area (Å²) >= 11 is 6.29. The zero-order chi connectivity index (χ0) is 19.6. The van der Waals surface area contributed by atoms with Crippen LogP contribution in [0.4, 0.5) is 16.2 Å². The number of urea groups is 1. The summed E-state index contributed by atoms with van der Waals surface area (Å²) in [7, 11) is 0. The van der Waals surface area contributed by atoms with Crippen molar-refractivity contribution in [3.05, 3.63) is 58.1 Å². The number of benzene rings is 2. The van der Waals surface area contributed by atoms with Crippen LogP contribution in [0.15, 0.2) is 36.4 Å². The van der Waals surface area contributed by atoms with E-state index in [0.717, 1.165) is 29.9 Å². The third kappa shape index (κ3) is 4.42. The predicted molar refractivity (Wildman–Crippen MR) is 110 cm³/mol. The van der Waals surface area contributed by atoms with Crippen LogP contribution >= 0.6 is 11.6 Å². The summed E-state index contributed by atoms with van der Waals surface area (Å²) in [6, 6.07) is 11.3. The van der Waals surface area contributed by atoms with Crippen molar-refractivity contribution < 1.29 is 9.59 Å². The molecule has 1 aliphatic rings. The van der Waals surface area contributed by atoms with Crippen LogP contribution in [-0.4, -0.2) is 42.9 Å². The van der Waals surface area contributed by atoms with E-state index in [1.165, 1.54) is 0 Å². The van der Waals surface area contributed by atoms with Crippen molar-refractivity contribution in [2.24, 2.45) is 0 Å². The van der Waals surface area contributed by atoms with Gasteiger partial charge in [0.2, 0.25) is 0 Å². The minimum atomic E-state index is -0.129. The number of anilines is 2. The van der Waals surface area contributed by atoms with Crippen LogP contribution in [0.5, 0.6) is 0 Å². The van der Waals surface area contributed by atoms with Gasteiger partial charge in [0.05, 0.1) is 10.7 Å². The van der Waals surface area contributed by atoms with Crippen LogP contribution < -0.4 is 10.2 Å². The van der Waals surface area contributed by atoms with E-state index in [-0.39, 0.29) is 11.8 Å². The molecule has 1 fully saturated rings. The van der Waals surface area contributed by atoms with Gasteiger partial charge in [-0.2, -0.15) is 0 Å². The number of nitrogens with one attached hydrogen (secondary N) is 1. The number of halogens is 1. The highest BCUT2D eigenvalue weighted by atomic mass is 35.5. The summed E-state index contributed by atoms with van der Waals surface area (Å²) in [5.41, 5.74) is 4.48. The number of amides is 2. The monoisotopic (exact) mass is 385 g/mol. The number of hydrogen-bond acceptors (Lipinski definition) is 3. The smallest absolute Gasteiger partial charge is 0.322 e. The van der Waals surface area contributed by atoms with Gasteiger partial charge < -0.3 is 15.1 Å². The van der Waals surface area contributed by atoms with Crippen LogP contribution in [0.1, 0.15) is 28.4 Å². The maximum atomic E-state index is 12.6. The molecular weight excluding hydrogens is 362 g/mol. The first-order valence-corrected chi connectivity index (χ1v) is 9.41. The number of aryl methyl sites for hydroxylation is 2. The summed E-state index contributed by atoms with van der Waals surface area (Å²) in [5, 5.41) is 3.51. The summed E-state index contributed by atoms with van der Waals surface area (Å²) < 4.78 is 0. The lowest BCUT2D eigenvalue weighted by atomic mass is 10.1. The van der Waals surface area contributed by atoms with Gasteiger partial charge in [-0.3, -0.25) is 4.79 Å². The highest BCUT2D eigenvalue weighted by molar-refractivity contribution is 6.34. The van der Waals surface area contributed by atoms with E-state index < -0.39 is 0 Å². The van der Waals surface area contributed by atoms with Crippen LogP contribution in [0.25, 0.3) is 0 Å². The second-order valence-electron chi connectivity index (χ2n) is 6.95. The Balaban J connectivity index is 1.60. The molecule has 0 aromatic heterocycles. The van der Waals surface area contributed by atoms with E-state index in [1.54, 1.807) is 11.8 Å². The lowest BCUT2D eigenvalue weighted by Crippen LogP contribution is -2.50. The number of nitrogens with zero attached hydrogens (tertiary/aromatic N) is 2. The van der Waals surface area contributed by atoms with Gasteiger partial charge in [-0.05, 0) is 62.2 Å². The number of hydrogen-bond donors (Lipinski definition) is 1. The first-order chi connectivity index (χ1) is 12.8. The van der Waals surface area contributed by atoms with Crippen molar-refractivity contribution in [2.45, 2.75) is 20.8 Å². The number of piperazine rings is 1. The lowest BCUT2D eigenvalue weighted by molar-refractivity contribution is 0.101. The van der Waals surface area contributed by atoms with Crippen molar-refractivity contribution >= 4 is 34.8 Å². The minimum absolute atomic E-state index is 0.0631. The van der Waals surface area contributed by atoms with Crippen molar-refractivity contribution in [3.63, 3.8) is 0 Å². The average molecular weight is 386 g/mol. The maximum Gasteiger partial charge on any atom is 0.322 e. The predicted octanol–water partition coefficient (Wildman–Crippen LogP) is 4.51. The Morgan fingerprint density at radius 1 is 1.00 bits per heavy atom. The van der Waals surface area contributed by atoms with Gasteiger partial charge in [0.1, 0.15) is 0 Å². The van der Waals surface area contributed by atoms with Gasteiger partial charge in [-0.25, -0.2) is 4.79 Å². The van der Waals surface area contributed by atoms with Gasteiger partial charge in [-0.15, -0.1) is 0 Å². The zero-order valence-corrected chi connectivity index (χ0v) is 16.6. The molecule has 1 heterocycles. The molecule has 2 amide bonds. The molecule has 1 saturated heterocycles. The molecular formula is C21H24ClN3O2. The Kier molecular flexibility index (Phi) is 5.71. The Morgan fingerprint density at radius 3 is 2.19 bits per heavy atom. The minimum Gasteiger partial charge on any atom is -0.368 e. The van der Waals surface area contributed by atoms with Crippen molar-refractivity contribution in [2.75, 3.05) is 36.4 Å². The number of carbonyl (C=O) groups is 2. The first-order valence-electron chi connectivity index (χ1n) is 9.04. The van der Waals surface area contributed by atoms with Gasteiger partial charge in [0, 0.05) is 37.4 Å². The number of Topliss-reactive ketones (excluding diaryl/α,β-unsaturated/α-hetero) is 1. The molecule has 1 N–H and O–H groups in total. The van der Waals surface area contributed by atoms with Crippen LogP contribution in [0.2, 0.25) is 5.02 Å². The Labute approximate surface area is 164 Å². The van der Waals surface area contributed by atoms with E-state index in [9.17, 15) is 9.59 Å². The van der Waals surface area contributed by atoms with Crippen molar-refractivity contribution in [1.82, 2.24) is 4.90 Å². The Morgan fingerprint density at radius 2 is 1.63 bits per heavy atom. The molecule has 2 aromatic carbocycles. The fraction of sp³-hybridized carbons (Fsp3) is 0.333. The second kappa shape index (κ2) is 8.01. The molecule has 0 radical (unpaired) electrons. The largest absolute Gasteiger partial charge is 0.368 e. The quantitative estimate of drug-likeness (QED) is 0.790. The van der Waals surface area contributed by atoms with E-state index in [2.05, 4.69) is 10.2 Å². The van der Waals surface area contributed by atoms with E-state index in [0.29, 0.717) is 29.4 Å². The Hall–Kier alpha value is -2.53. The maximum absolute atomic E-state index is 12.6. The molecule has 3 rings (SSSR count). The van der Waals surface area contributed by atoms with Crippen LogP contribution in [-0.2, 0) is 0 Å². The lowest BCUT2D eigenvalue weighted by Gasteiger charge is -2.36. The molecule has 142 valence electrons. The van der Waals surface area contributed by atoms with Crippen molar-refractivity contribution in [3.8, 4) is 0 Å². The van der Waals surface area contributed by atoms with Crippen LogP contribution in [0, 0.1) is 13.8 Å². The number of rotatable bonds is 3. The van der Waals surface area contributed by atoms with Gasteiger partial charge >= 0.3 is 6.03 Å². The van der Waals surface area contributed by atoms with Crippen molar-refractivity contribution in [1.29, 1.82) is 0 Å². The highest BCUT2D eigenvalue weighted by Crippen LogP contribution is 2.28. The summed E-state index contributed by atoms with van der Waals surface area (Å²) in [6.07, 6.45) is 0. The molecule has 1 aliphatic heterocycles. The standard InChI is InChI=1S/C21H24ClN3O2/c1-14-12-15(2)20(19(22)13-14)23-21(27)25-10-8-24(9-11-25)18-6-4-17(5-7-18)16(3)26/h4-7,12-13H,8-11H2,1-3H3,(H,23,27). The summed E-state index contributed by atoms with van der Waals surface area (Å²) in [4.78, 5) is 28.0. The first kappa shape index (κ1) is 19.2. The number of ketones is 1. The normalized spacial score (nSPS) is 14.2. The van der Waals surface area contributed by atoms with E-state index in [4.69, 9.17) is 11.6 Å². The third-order valence-electron chi connectivity index (χ3n) is 4.87. The van der Waals surface area contributed by atoms with Crippen LogP contribution in [0.3, 0.4) is 0 Å². The average Bonchev–Trinajstić information content (AvgIpc) is 2.64. The molecule has 0 aliphatic carbocycles. The topological polar surface area (TPSA) is 52.7 Å². The number of carbonyl (C=O) groups excluding carboxylic acids is 2. The molecule has 5 nitrogen and oxygen atoms in total. The molecule has 0 unspecified atom stereocenters. The fourth-order valence-corrected chi connectivity index (χ4v) is 3.70. The second-order valence-corrected chi connectivity index (χ2v) is 7.35. The van der Waals surface area contributed by atoms with Gasteiger partial charge in [0.25, 0.3) is 0 Å². The third-order valence-corrected chi connectivity index (χ3v) is 5.17. The molecule has 2 aromatic rings. The molecule has 0 saturated carbocycles. The van der Waals surface area contributed by atoms with Gasteiger partial charge in [0.15, 0.2) is 5.78 Å². The highest BCUT2D eigenvalue weighted by Gasteiger charge is 2.22. The van der Waals surface area contributed by atoms with Gasteiger partial charge in [-0.1, -0.05) is 17.7 Å². The summed E-state index contributed by atoms with van der Waals surface area (Å²) in [6.45, 7) is 8.23. The molecule has 27 heavy (non-hydrogen) atoms. The molecule has 0 spiro atoms. The molecule has 6 heteroatoms. The fourth-order valence-electron chi connectivity index (χ4n) is 3.33.